The molecule has 2 fully saturated rings. The van der Waals surface area contributed by atoms with Crippen LogP contribution in [0.1, 0.15) is 25.7 Å². The van der Waals surface area contributed by atoms with Gasteiger partial charge in [-0.05, 0) is 44.1 Å². The fourth-order valence-electron chi connectivity index (χ4n) is 1.65. The molecule has 0 saturated heterocycles. The number of ether oxygens (including phenoxy) is 2. The normalized spacial score (nSPS) is 33.0. The fraction of sp³-hybridized carbons (Fsp3) is 1.00. The lowest BCUT2D eigenvalue weighted by Crippen LogP contribution is -2.36. The number of hydrogen-bond donors (Lipinski definition) is 1. The van der Waals surface area contributed by atoms with Crippen LogP contribution in [0.3, 0.4) is 0 Å². The molecule has 0 aliphatic heterocycles. The highest BCUT2D eigenvalue weighted by Crippen LogP contribution is 2.30. The second-order valence-electron chi connectivity index (χ2n) is 4.29. The van der Waals surface area contributed by atoms with Gasteiger partial charge in [-0.15, -0.1) is 0 Å². The minimum Gasteiger partial charge on any atom is -0.355 e. The molecule has 2 rings (SSSR count). The Labute approximate surface area is 79.6 Å². The van der Waals surface area contributed by atoms with Crippen molar-refractivity contribution in [3.05, 3.63) is 0 Å². The Morgan fingerprint density at radius 3 is 2.54 bits per heavy atom. The first kappa shape index (κ1) is 9.44. The quantitative estimate of drug-likeness (QED) is 0.498. The minimum absolute atomic E-state index is 0.424. The number of hydrogen-bond acceptors (Lipinski definition) is 3. The Morgan fingerprint density at radius 2 is 1.92 bits per heavy atom. The summed E-state index contributed by atoms with van der Waals surface area (Å²) in [6.45, 7) is 2.19. The highest BCUT2D eigenvalue weighted by Gasteiger charge is 2.28. The topological polar surface area (TPSA) is 44.5 Å². The lowest BCUT2D eigenvalue weighted by Gasteiger charge is -2.33. The molecule has 0 aromatic carbocycles. The highest BCUT2D eigenvalue weighted by molar-refractivity contribution is 4.80. The van der Waals surface area contributed by atoms with Gasteiger partial charge < -0.3 is 15.2 Å². The van der Waals surface area contributed by atoms with Crippen LogP contribution in [0.4, 0.5) is 0 Å². The van der Waals surface area contributed by atoms with Crippen molar-refractivity contribution in [1.82, 2.24) is 0 Å². The van der Waals surface area contributed by atoms with E-state index in [1.807, 2.05) is 0 Å². The smallest absolute Gasteiger partial charge is 0.147 e. The standard InChI is InChI=1S/C10H19NO2/c11-5-9-3-10(4-9)13-7-12-6-8-1-2-8/h8-10H,1-7,11H2. The molecule has 0 aromatic rings. The van der Waals surface area contributed by atoms with E-state index < -0.39 is 0 Å². The van der Waals surface area contributed by atoms with Crippen LogP contribution in [0.15, 0.2) is 0 Å². The Hall–Kier alpha value is -0.120. The van der Waals surface area contributed by atoms with Gasteiger partial charge in [-0.3, -0.25) is 0 Å². The van der Waals surface area contributed by atoms with Crippen molar-refractivity contribution in [2.45, 2.75) is 31.8 Å². The van der Waals surface area contributed by atoms with Crippen LogP contribution in [0.5, 0.6) is 0 Å². The SMILES string of the molecule is NCC1CC(OCOCC2CC2)C1. The molecule has 0 bridgehead atoms. The van der Waals surface area contributed by atoms with Crippen molar-refractivity contribution in [2.24, 2.45) is 17.6 Å². The largest absolute Gasteiger partial charge is 0.355 e. The van der Waals surface area contributed by atoms with E-state index in [1.54, 1.807) is 0 Å². The summed E-state index contributed by atoms with van der Waals surface area (Å²) in [7, 11) is 0. The van der Waals surface area contributed by atoms with E-state index in [9.17, 15) is 0 Å². The highest BCUT2D eigenvalue weighted by atomic mass is 16.7. The van der Waals surface area contributed by atoms with Crippen LogP contribution < -0.4 is 5.73 Å². The van der Waals surface area contributed by atoms with Crippen LogP contribution >= 0.6 is 0 Å². The van der Waals surface area contributed by atoms with E-state index in [2.05, 4.69) is 0 Å². The third kappa shape index (κ3) is 2.93. The molecule has 2 aliphatic rings. The predicted molar refractivity (Wildman–Crippen MR) is 50.2 cm³/mol. The second kappa shape index (κ2) is 4.40. The molecular weight excluding hydrogens is 166 g/mol. The van der Waals surface area contributed by atoms with Crippen LogP contribution in [-0.2, 0) is 9.47 Å². The predicted octanol–water partition coefficient (Wildman–Crippen LogP) is 1.12. The van der Waals surface area contributed by atoms with Crippen LogP contribution in [-0.4, -0.2) is 26.0 Å². The van der Waals surface area contributed by atoms with Gasteiger partial charge in [0.2, 0.25) is 0 Å². The molecule has 0 atom stereocenters. The maximum absolute atomic E-state index is 5.51. The van der Waals surface area contributed by atoms with Crippen molar-refractivity contribution >= 4 is 0 Å². The molecule has 0 amide bonds. The summed E-state index contributed by atoms with van der Waals surface area (Å²) in [5.41, 5.74) is 5.51. The summed E-state index contributed by atoms with van der Waals surface area (Å²) in [6.07, 6.45) is 5.37. The Balaban J connectivity index is 1.41. The zero-order valence-corrected chi connectivity index (χ0v) is 8.08. The monoisotopic (exact) mass is 185 g/mol. The molecule has 2 saturated carbocycles. The molecule has 0 heterocycles. The van der Waals surface area contributed by atoms with Crippen molar-refractivity contribution in [3.8, 4) is 0 Å². The van der Waals surface area contributed by atoms with E-state index in [0.29, 0.717) is 18.8 Å². The van der Waals surface area contributed by atoms with Gasteiger partial charge in [0.05, 0.1) is 12.7 Å². The lowest BCUT2D eigenvalue weighted by molar-refractivity contribution is -0.126. The second-order valence-corrected chi connectivity index (χ2v) is 4.29. The van der Waals surface area contributed by atoms with Crippen molar-refractivity contribution < 1.29 is 9.47 Å². The van der Waals surface area contributed by atoms with E-state index in [4.69, 9.17) is 15.2 Å². The zero-order valence-electron chi connectivity index (χ0n) is 8.08. The molecule has 76 valence electrons. The Morgan fingerprint density at radius 1 is 1.15 bits per heavy atom. The summed E-state index contributed by atoms with van der Waals surface area (Å²) in [4.78, 5) is 0. The number of rotatable bonds is 6. The van der Waals surface area contributed by atoms with Gasteiger partial charge in [0, 0.05) is 0 Å². The summed E-state index contributed by atoms with van der Waals surface area (Å²) >= 11 is 0. The third-order valence-electron chi connectivity index (χ3n) is 2.96. The Kier molecular flexibility index (Phi) is 3.19. The van der Waals surface area contributed by atoms with Crippen molar-refractivity contribution in [3.63, 3.8) is 0 Å². The summed E-state index contributed by atoms with van der Waals surface area (Å²) < 4.78 is 10.9. The van der Waals surface area contributed by atoms with Crippen LogP contribution in [0.2, 0.25) is 0 Å². The van der Waals surface area contributed by atoms with Crippen molar-refractivity contribution in [2.75, 3.05) is 19.9 Å². The van der Waals surface area contributed by atoms with E-state index in [0.717, 1.165) is 31.9 Å². The number of nitrogens with two attached hydrogens (primary N) is 1. The molecule has 0 radical (unpaired) electrons. The van der Waals surface area contributed by atoms with Gasteiger partial charge in [-0.25, -0.2) is 0 Å². The molecule has 3 heteroatoms. The average molecular weight is 185 g/mol. The van der Waals surface area contributed by atoms with Gasteiger partial charge in [-0.1, -0.05) is 0 Å². The molecule has 13 heavy (non-hydrogen) atoms. The average Bonchev–Trinajstić information content (AvgIpc) is 2.84. The van der Waals surface area contributed by atoms with E-state index in [1.165, 1.54) is 12.8 Å². The van der Waals surface area contributed by atoms with Gasteiger partial charge in [-0.2, -0.15) is 0 Å². The maximum atomic E-state index is 5.51. The van der Waals surface area contributed by atoms with Gasteiger partial charge >= 0.3 is 0 Å². The molecule has 0 aromatic heterocycles. The summed E-state index contributed by atoms with van der Waals surface area (Å²) in [6, 6.07) is 0. The first-order valence-corrected chi connectivity index (χ1v) is 5.28. The van der Waals surface area contributed by atoms with Gasteiger partial charge in [0.15, 0.2) is 0 Å². The molecule has 2 N–H and O–H groups in total. The fourth-order valence-corrected chi connectivity index (χ4v) is 1.65. The lowest BCUT2D eigenvalue weighted by atomic mass is 9.82. The van der Waals surface area contributed by atoms with E-state index in [-0.39, 0.29) is 0 Å². The maximum Gasteiger partial charge on any atom is 0.147 e. The minimum atomic E-state index is 0.424. The molecule has 3 nitrogen and oxygen atoms in total. The van der Waals surface area contributed by atoms with Gasteiger partial charge in [0.1, 0.15) is 6.79 Å². The van der Waals surface area contributed by atoms with Crippen molar-refractivity contribution in [1.29, 1.82) is 0 Å². The van der Waals surface area contributed by atoms with Crippen LogP contribution in [0.25, 0.3) is 0 Å². The molecule has 0 spiro atoms. The third-order valence-corrected chi connectivity index (χ3v) is 2.96. The first-order chi connectivity index (χ1) is 6.38. The Bertz CT molecular complexity index is 153. The molecular formula is C10H19NO2. The van der Waals surface area contributed by atoms with E-state index >= 15 is 0 Å². The van der Waals surface area contributed by atoms with Crippen LogP contribution in [0, 0.1) is 11.8 Å². The van der Waals surface area contributed by atoms with Gasteiger partial charge in [0.25, 0.3) is 0 Å². The summed E-state index contributed by atoms with van der Waals surface area (Å²) in [5, 5.41) is 0. The molecule has 2 aliphatic carbocycles. The zero-order chi connectivity index (χ0) is 9.10. The summed E-state index contributed by atoms with van der Waals surface area (Å²) in [5.74, 6) is 1.54. The molecule has 0 unspecified atom stereocenters. The first-order valence-electron chi connectivity index (χ1n) is 5.28.